The number of amides is 1. The van der Waals surface area contributed by atoms with Crippen molar-refractivity contribution >= 4 is 5.91 Å². The van der Waals surface area contributed by atoms with Crippen LogP contribution in [0.2, 0.25) is 0 Å². The Kier molecular flexibility index (Phi) is 6.24. The number of rotatable bonds is 5. The third-order valence-electron chi connectivity index (χ3n) is 4.99. The highest BCUT2D eigenvalue weighted by Gasteiger charge is 2.25. The van der Waals surface area contributed by atoms with Gasteiger partial charge in [0.05, 0.1) is 6.10 Å². The first-order valence-corrected chi connectivity index (χ1v) is 9.08. The highest BCUT2D eigenvalue weighted by molar-refractivity contribution is 5.76. The van der Waals surface area contributed by atoms with Crippen LogP contribution in [0.4, 0.5) is 8.78 Å². The average Bonchev–Trinajstić information content (AvgIpc) is 2.56. The molecular weight excluding hydrogens is 328 g/mol. The molecule has 0 atom stereocenters. The van der Waals surface area contributed by atoms with E-state index in [0.29, 0.717) is 12.3 Å². The minimum Gasteiger partial charge on any atom is -0.490 e. The van der Waals surface area contributed by atoms with Crippen molar-refractivity contribution in [2.24, 2.45) is 5.92 Å². The normalized spacial score (nSPS) is 24.7. The molecule has 4 nitrogen and oxygen atoms in total. The number of ether oxygens (including phenoxy) is 2. The Morgan fingerprint density at radius 3 is 2.32 bits per heavy atom. The number of carbonyl (C=O) groups is 1. The zero-order valence-corrected chi connectivity index (χ0v) is 14.3. The van der Waals surface area contributed by atoms with Crippen LogP contribution in [0.15, 0.2) is 18.2 Å². The molecule has 1 aliphatic heterocycles. The van der Waals surface area contributed by atoms with Gasteiger partial charge in [0.1, 0.15) is 17.4 Å². The molecule has 1 saturated carbocycles. The van der Waals surface area contributed by atoms with E-state index in [1.165, 1.54) is 12.1 Å². The zero-order valence-electron chi connectivity index (χ0n) is 14.3. The van der Waals surface area contributed by atoms with Gasteiger partial charge in [-0.05, 0) is 44.4 Å². The van der Waals surface area contributed by atoms with Crippen molar-refractivity contribution in [1.29, 1.82) is 0 Å². The third kappa shape index (κ3) is 5.66. The lowest BCUT2D eigenvalue weighted by Gasteiger charge is -2.30. The summed E-state index contributed by atoms with van der Waals surface area (Å²) >= 11 is 0. The van der Waals surface area contributed by atoms with Crippen molar-refractivity contribution in [2.45, 2.75) is 57.1 Å². The molecule has 2 aliphatic rings. The van der Waals surface area contributed by atoms with Crippen LogP contribution in [0.1, 0.15) is 44.9 Å². The summed E-state index contributed by atoms with van der Waals surface area (Å²) < 4.78 is 37.4. The molecule has 1 amide bonds. The number of hydrogen-bond donors (Lipinski definition) is 1. The van der Waals surface area contributed by atoms with Gasteiger partial charge in [-0.25, -0.2) is 8.78 Å². The molecule has 0 unspecified atom stereocenters. The van der Waals surface area contributed by atoms with Crippen molar-refractivity contribution in [2.75, 3.05) is 13.2 Å². The van der Waals surface area contributed by atoms with Crippen LogP contribution in [0.3, 0.4) is 0 Å². The fourth-order valence-corrected chi connectivity index (χ4v) is 3.61. The Bertz CT molecular complexity index is 562. The second kappa shape index (κ2) is 8.61. The fraction of sp³-hybridized carbons (Fsp3) is 0.632. The Morgan fingerprint density at radius 2 is 1.68 bits per heavy atom. The van der Waals surface area contributed by atoms with Crippen molar-refractivity contribution in [3.8, 4) is 5.75 Å². The maximum atomic E-state index is 13.2. The molecular formula is C19H25F2NO3. The van der Waals surface area contributed by atoms with E-state index >= 15 is 0 Å². The Morgan fingerprint density at radius 1 is 1.04 bits per heavy atom. The molecule has 1 heterocycles. The summed E-state index contributed by atoms with van der Waals surface area (Å²) in [6, 6.07) is 3.39. The number of nitrogens with one attached hydrogen (secondary N) is 1. The van der Waals surface area contributed by atoms with Gasteiger partial charge in [-0.1, -0.05) is 0 Å². The molecule has 25 heavy (non-hydrogen) atoms. The summed E-state index contributed by atoms with van der Waals surface area (Å²) in [7, 11) is 0. The third-order valence-corrected chi connectivity index (χ3v) is 4.99. The van der Waals surface area contributed by atoms with Gasteiger partial charge in [0.2, 0.25) is 5.91 Å². The minimum atomic E-state index is -0.635. The topological polar surface area (TPSA) is 47.6 Å². The van der Waals surface area contributed by atoms with Crippen molar-refractivity contribution in [3.63, 3.8) is 0 Å². The summed E-state index contributed by atoms with van der Waals surface area (Å²) in [5.41, 5.74) is 0. The summed E-state index contributed by atoms with van der Waals surface area (Å²) in [6.45, 7) is 1.50. The number of hydrogen-bond acceptors (Lipinski definition) is 3. The molecule has 6 heteroatoms. The Balaban J connectivity index is 1.40. The fourth-order valence-electron chi connectivity index (χ4n) is 3.61. The molecule has 138 valence electrons. The van der Waals surface area contributed by atoms with Crippen molar-refractivity contribution in [1.82, 2.24) is 5.32 Å². The van der Waals surface area contributed by atoms with Crippen molar-refractivity contribution in [3.05, 3.63) is 29.8 Å². The lowest BCUT2D eigenvalue weighted by Crippen LogP contribution is -2.40. The first kappa shape index (κ1) is 18.1. The van der Waals surface area contributed by atoms with Crippen LogP contribution in [0.5, 0.6) is 5.75 Å². The van der Waals surface area contributed by atoms with Gasteiger partial charge in [-0.3, -0.25) is 4.79 Å². The highest BCUT2D eigenvalue weighted by Crippen LogP contribution is 2.25. The van der Waals surface area contributed by atoms with Gasteiger partial charge in [0.25, 0.3) is 0 Å². The molecule has 1 aromatic carbocycles. The Labute approximate surface area is 146 Å². The molecule has 3 rings (SSSR count). The lowest BCUT2D eigenvalue weighted by atomic mass is 9.92. The van der Waals surface area contributed by atoms with Crippen molar-refractivity contribution < 1.29 is 23.0 Å². The van der Waals surface area contributed by atoms with E-state index in [0.717, 1.165) is 57.8 Å². The van der Waals surface area contributed by atoms with Crippen LogP contribution in [0.25, 0.3) is 0 Å². The van der Waals surface area contributed by atoms with Crippen LogP contribution >= 0.6 is 0 Å². The zero-order chi connectivity index (χ0) is 17.6. The highest BCUT2D eigenvalue weighted by atomic mass is 19.1. The van der Waals surface area contributed by atoms with Gasteiger partial charge < -0.3 is 14.8 Å². The van der Waals surface area contributed by atoms with Gasteiger partial charge in [-0.2, -0.15) is 0 Å². The summed E-state index contributed by atoms with van der Waals surface area (Å²) in [5, 5.41) is 3.11. The molecule has 2 fully saturated rings. The second-order valence-corrected chi connectivity index (χ2v) is 7.02. The second-order valence-electron chi connectivity index (χ2n) is 7.02. The molecule has 1 aromatic rings. The first-order chi connectivity index (χ1) is 12.1. The van der Waals surface area contributed by atoms with Gasteiger partial charge in [0.15, 0.2) is 0 Å². The number of benzene rings is 1. The van der Waals surface area contributed by atoms with Crippen LogP contribution in [-0.4, -0.2) is 31.3 Å². The minimum absolute atomic E-state index is 0.0650. The molecule has 1 N–H and O–H groups in total. The summed E-state index contributed by atoms with van der Waals surface area (Å²) in [5.74, 6) is -0.502. The van der Waals surface area contributed by atoms with E-state index in [-0.39, 0.29) is 23.8 Å². The quantitative estimate of drug-likeness (QED) is 0.880. The van der Waals surface area contributed by atoms with E-state index in [4.69, 9.17) is 9.47 Å². The lowest BCUT2D eigenvalue weighted by molar-refractivity contribution is -0.123. The Hall–Kier alpha value is -1.69. The SMILES string of the molecule is O=C(CC1CCOCC1)NC1CCC(Oc2cc(F)cc(F)c2)CC1. The maximum Gasteiger partial charge on any atom is 0.220 e. The van der Waals surface area contributed by atoms with Crippen LogP contribution in [0, 0.1) is 17.6 Å². The van der Waals surface area contributed by atoms with E-state index < -0.39 is 11.6 Å². The van der Waals surface area contributed by atoms with E-state index in [1.54, 1.807) is 0 Å². The van der Waals surface area contributed by atoms with Gasteiger partial charge >= 0.3 is 0 Å². The molecule has 0 aromatic heterocycles. The number of carbonyl (C=O) groups excluding carboxylic acids is 1. The molecule has 1 saturated heterocycles. The maximum absolute atomic E-state index is 13.2. The smallest absolute Gasteiger partial charge is 0.220 e. The average molecular weight is 353 g/mol. The largest absolute Gasteiger partial charge is 0.490 e. The summed E-state index contributed by atoms with van der Waals surface area (Å²) in [6.07, 6.45) is 5.59. The molecule has 0 spiro atoms. The van der Waals surface area contributed by atoms with E-state index in [2.05, 4.69) is 5.32 Å². The number of halogens is 2. The van der Waals surface area contributed by atoms with Crippen LogP contribution in [-0.2, 0) is 9.53 Å². The predicted octanol–water partition coefficient (Wildman–Crippen LogP) is 3.59. The van der Waals surface area contributed by atoms with E-state index in [1.807, 2.05) is 0 Å². The monoisotopic (exact) mass is 353 g/mol. The van der Waals surface area contributed by atoms with E-state index in [9.17, 15) is 13.6 Å². The van der Waals surface area contributed by atoms with Crippen LogP contribution < -0.4 is 10.1 Å². The van der Waals surface area contributed by atoms with Gasteiger partial charge in [0, 0.05) is 43.9 Å². The molecule has 0 radical (unpaired) electrons. The van der Waals surface area contributed by atoms with Gasteiger partial charge in [-0.15, -0.1) is 0 Å². The molecule has 1 aliphatic carbocycles. The molecule has 0 bridgehead atoms. The standard InChI is InChI=1S/C19H25F2NO3/c20-14-10-15(21)12-18(11-14)25-17-3-1-16(2-4-17)22-19(23)9-13-5-7-24-8-6-13/h10-13,16-17H,1-9H2,(H,22,23). The summed E-state index contributed by atoms with van der Waals surface area (Å²) in [4.78, 5) is 12.2. The first-order valence-electron chi connectivity index (χ1n) is 9.08. The predicted molar refractivity (Wildman–Crippen MR) is 89.3 cm³/mol.